The zero-order valence-corrected chi connectivity index (χ0v) is 28.6. The van der Waals surface area contributed by atoms with E-state index in [-0.39, 0.29) is 61.6 Å². The van der Waals surface area contributed by atoms with E-state index >= 15 is 0 Å². The summed E-state index contributed by atoms with van der Waals surface area (Å²) in [4.78, 5) is 59.6. The van der Waals surface area contributed by atoms with Crippen LogP contribution in [0.2, 0.25) is 0 Å². The SMILES string of the molecule is C=CCCC(=O)NC[C@H](C)OC(=O)[C@H]1[C@@H]2O[C@@]3(CC2Br)[C@@H]1C(=O)N(CCCO)[C@@H]3C(=O)N(CC=C)c1ccc(N(CC)CC)cc1. The van der Waals surface area contributed by atoms with Crippen LogP contribution in [0.4, 0.5) is 11.4 Å². The lowest BCUT2D eigenvalue weighted by Crippen LogP contribution is -2.57. The fourth-order valence-corrected chi connectivity index (χ4v) is 8.03. The van der Waals surface area contributed by atoms with Crippen molar-refractivity contribution in [1.29, 1.82) is 0 Å². The number of carbonyl (C=O) groups excluding carboxylic acids is 4. The van der Waals surface area contributed by atoms with Crippen molar-refractivity contribution in [2.75, 3.05) is 49.1 Å². The molecular weight excluding hydrogens is 656 g/mol. The van der Waals surface area contributed by atoms with E-state index in [9.17, 15) is 24.3 Å². The molecule has 0 aliphatic carbocycles. The molecule has 1 spiro atoms. The molecule has 0 saturated carbocycles. The molecule has 2 N–H and O–H groups in total. The van der Waals surface area contributed by atoms with Crippen molar-refractivity contribution in [3.05, 3.63) is 49.6 Å². The molecule has 7 atom stereocenters. The Balaban J connectivity index is 1.63. The minimum absolute atomic E-state index is 0.120. The largest absolute Gasteiger partial charge is 0.460 e. The van der Waals surface area contributed by atoms with Gasteiger partial charge in [0, 0.05) is 55.4 Å². The molecule has 46 heavy (non-hydrogen) atoms. The van der Waals surface area contributed by atoms with Crippen LogP contribution in [0.5, 0.6) is 0 Å². The van der Waals surface area contributed by atoms with Gasteiger partial charge in [-0.2, -0.15) is 0 Å². The molecule has 3 aliphatic rings. The third-order valence-corrected chi connectivity index (χ3v) is 10.0. The number of rotatable bonds is 17. The standard InChI is InChI=1S/C34H47BrN4O7/c1-6-10-12-26(41)36-21-22(5)45-33(44)27-28-31(42)39(18-11-19-40)30(34(28)20-25(35)29(27)46-34)32(43)38(17-7-2)24-15-13-23(14-16-24)37(8-3)9-4/h6-7,13-16,22,25,27-30,40H,1-2,8-12,17-21H2,3-5H3,(H,36,41)/t22-,25?,27+,28-,29+,30+,34-/m0/s1. The maximum Gasteiger partial charge on any atom is 0.312 e. The summed E-state index contributed by atoms with van der Waals surface area (Å²) in [5.41, 5.74) is 0.415. The van der Waals surface area contributed by atoms with Crippen LogP contribution in [0.1, 0.15) is 46.5 Å². The number of allylic oxidation sites excluding steroid dienone is 1. The van der Waals surface area contributed by atoms with Crippen molar-refractivity contribution in [2.24, 2.45) is 11.8 Å². The van der Waals surface area contributed by atoms with Crippen LogP contribution in [0.25, 0.3) is 0 Å². The van der Waals surface area contributed by atoms with E-state index in [2.05, 4.69) is 53.2 Å². The number of fused-ring (bicyclic) bond motifs is 1. The van der Waals surface area contributed by atoms with Crippen molar-refractivity contribution >= 4 is 51.0 Å². The minimum Gasteiger partial charge on any atom is -0.460 e. The van der Waals surface area contributed by atoms with Gasteiger partial charge in [0.05, 0.1) is 24.5 Å². The predicted molar refractivity (Wildman–Crippen MR) is 180 cm³/mol. The molecule has 252 valence electrons. The van der Waals surface area contributed by atoms with Gasteiger partial charge in [-0.15, -0.1) is 13.2 Å². The Morgan fingerprint density at radius 2 is 1.87 bits per heavy atom. The number of amides is 3. The van der Waals surface area contributed by atoms with E-state index in [1.165, 1.54) is 4.90 Å². The van der Waals surface area contributed by atoms with Gasteiger partial charge in [-0.1, -0.05) is 28.1 Å². The van der Waals surface area contributed by atoms with E-state index in [1.54, 1.807) is 24.0 Å². The highest BCUT2D eigenvalue weighted by atomic mass is 79.9. The minimum atomic E-state index is -1.27. The number of likely N-dealkylation sites (tertiary alicyclic amines) is 1. The number of nitrogens with one attached hydrogen (secondary N) is 1. The Bertz CT molecular complexity index is 1290. The van der Waals surface area contributed by atoms with Gasteiger partial charge in [0.1, 0.15) is 17.7 Å². The quantitative estimate of drug-likeness (QED) is 0.144. The van der Waals surface area contributed by atoms with Gasteiger partial charge >= 0.3 is 5.97 Å². The van der Waals surface area contributed by atoms with Crippen molar-refractivity contribution in [3.8, 4) is 0 Å². The third-order valence-electron chi connectivity index (χ3n) is 9.20. The summed E-state index contributed by atoms with van der Waals surface area (Å²) in [7, 11) is 0. The zero-order valence-electron chi connectivity index (χ0n) is 27.0. The van der Waals surface area contributed by atoms with Crippen LogP contribution < -0.4 is 15.1 Å². The highest BCUT2D eigenvalue weighted by molar-refractivity contribution is 9.09. The monoisotopic (exact) mass is 702 g/mol. The first-order valence-corrected chi connectivity index (χ1v) is 17.1. The van der Waals surface area contributed by atoms with Crippen LogP contribution in [0, 0.1) is 11.8 Å². The fraction of sp³-hybridized carbons (Fsp3) is 0.588. The normalized spacial score (nSPS) is 26.8. The molecule has 0 radical (unpaired) electrons. The second kappa shape index (κ2) is 15.6. The second-order valence-electron chi connectivity index (χ2n) is 12.1. The molecule has 0 aromatic heterocycles. The molecule has 11 nitrogen and oxygen atoms in total. The molecule has 1 unspecified atom stereocenters. The molecule has 3 aliphatic heterocycles. The molecule has 1 aromatic carbocycles. The number of alkyl halides is 1. The first-order valence-electron chi connectivity index (χ1n) is 16.2. The van der Waals surface area contributed by atoms with Gasteiger partial charge in [-0.25, -0.2) is 0 Å². The maximum absolute atomic E-state index is 14.6. The Morgan fingerprint density at radius 1 is 1.20 bits per heavy atom. The van der Waals surface area contributed by atoms with Gasteiger partial charge in [0.2, 0.25) is 11.8 Å². The molecule has 4 rings (SSSR count). The Hall–Kier alpha value is -3.22. The molecule has 12 heteroatoms. The van der Waals surface area contributed by atoms with Crippen molar-refractivity contribution < 1.29 is 33.8 Å². The van der Waals surface area contributed by atoms with Crippen molar-refractivity contribution in [2.45, 2.75) is 75.1 Å². The number of carbonyl (C=O) groups is 4. The lowest BCUT2D eigenvalue weighted by molar-refractivity contribution is -0.159. The Morgan fingerprint density at radius 3 is 2.48 bits per heavy atom. The lowest BCUT2D eigenvalue weighted by Gasteiger charge is -2.37. The third kappa shape index (κ3) is 6.89. The topological polar surface area (TPSA) is 129 Å². The van der Waals surface area contributed by atoms with E-state index in [4.69, 9.17) is 9.47 Å². The fourth-order valence-electron chi connectivity index (χ4n) is 7.09. The number of aliphatic hydroxyl groups excluding tert-OH is 1. The molecule has 2 bridgehead atoms. The summed E-state index contributed by atoms with van der Waals surface area (Å²) in [6, 6.07) is 6.69. The van der Waals surface area contributed by atoms with Gasteiger partial charge in [0.15, 0.2) is 0 Å². The van der Waals surface area contributed by atoms with Gasteiger partial charge < -0.3 is 34.6 Å². The number of aliphatic hydroxyl groups is 1. The van der Waals surface area contributed by atoms with Gasteiger partial charge in [0.25, 0.3) is 5.91 Å². The molecule has 1 aromatic rings. The Kier molecular flexibility index (Phi) is 12.1. The number of halogens is 1. The first kappa shape index (κ1) is 35.6. The summed E-state index contributed by atoms with van der Waals surface area (Å²) >= 11 is 3.68. The number of ether oxygens (including phenoxy) is 2. The molecular formula is C34H47BrN4O7. The lowest BCUT2D eigenvalue weighted by atomic mass is 9.70. The van der Waals surface area contributed by atoms with Crippen LogP contribution in [-0.2, 0) is 28.7 Å². The first-order chi connectivity index (χ1) is 22.1. The van der Waals surface area contributed by atoms with E-state index in [0.717, 1.165) is 18.8 Å². The smallest absolute Gasteiger partial charge is 0.312 e. The number of esters is 1. The average molecular weight is 704 g/mol. The summed E-state index contributed by atoms with van der Waals surface area (Å²) in [6.07, 6.45) is 3.41. The number of anilines is 2. The zero-order chi connectivity index (χ0) is 33.6. The maximum atomic E-state index is 14.6. The van der Waals surface area contributed by atoms with E-state index in [0.29, 0.717) is 18.5 Å². The van der Waals surface area contributed by atoms with Crippen molar-refractivity contribution in [1.82, 2.24) is 10.2 Å². The van der Waals surface area contributed by atoms with E-state index in [1.807, 2.05) is 24.3 Å². The predicted octanol–water partition coefficient (Wildman–Crippen LogP) is 3.20. The molecule has 3 fully saturated rings. The summed E-state index contributed by atoms with van der Waals surface area (Å²) in [6.45, 7) is 15.3. The molecule has 3 heterocycles. The van der Waals surface area contributed by atoms with Crippen LogP contribution >= 0.6 is 15.9 Å². The van der Waals surface area contributed by atoms with Gasteiger partial charge in [-0.3, -0.25) is 19.2 Å². The van der Waals surface area contributed by atoms with E-state index < -0.39 is 41.7 Å². The number of hydrogen-bond acceptors (Lipinski definition) is 8. The number of nitrogens with zero attached hydrogens (tertiary/aromatic N) is 3. The number of hydrogen-bond donors (Lipinski definition) is 2. The highest BCUT2D eigenvalue weighted by Crippen LogP contribution is 2.60. The summed E-state index contributed by atoms with van der Waals surface area (Å²) in [5, 5.41) is 12.4. The van der Waals surface area contributed by atoms with Crippen molar-refractivity contribution in [3.63, 3.8) is 0 Å². The van der Waals surface area contributed by atoms with Crippen LogP contribution in [0.3, 0.4) is 0 Å². The molecule has 3 saturated heterocycles. The summed E-state index contributed by atoms with van der Waals surface area (Å²) in [5.74, 6) is -3.36. The Labute approximate surface area is 280 Å². The highest BCUT2D eigenvalue weighted by Gasteiger charge is 2.77. The average Bonchev–Trinajstić information content (AvgIpc) is 3.64. The second-order valence-corrected chi connectivity index (χ2v) is 13.3. The van der Waals surface area contributed by atoms with Gasteiger partial charge in [-0.05, 0) is 64.3 Å². The van der Waals surface area contributed by atoms with Crippen LogP contribution in [-0.4, -0.2) is 102 Å². The number of benzene rings is 1. The molecule has 3 amide bonds. The van der Waals surface area contributed by atoms with Crippen LogP contribution in [0.15, 0.2) is 49.6 Å². The summed E-state index contributed by atoms with van der Waals surface area (Å²) < 4.78 is 12.3.